The molecule has 3 N–H and O–H groups in total. The molecule has 208 valence electrons. The number of hydrogen-bond acceptors (Lipinski definition) is 8. The van der Waals surface area contributed by atoms with Gasteiger partial charge in [-0.2, -0.15) is 4.31 Å². The Hall–Kier alpha value is -3.43. The van der Waals surface area contributed by atoms with Gasteiger partial charge in [0.25, 0.3) is 10.0 Å². The van der Waals surface area contributed by atoms with Crippen molar-refractivity contribution in [1.29, 1.82) is 0 Å². The highest BCUT2D eigenvalue weighted by Gasteiger charge is 2.26. The summed E-state index contributed by atoms with van der Waals surface area (Å²) >= 11 is 5.39. The average molecular weight is 593 g/mol. The standard InChI is InChI=1S/C25H28N4O7S3/c1-34-20-7-3-19(4-8-20)28-38(30,31)22-11-12-23(24(17-22)35-2)27-25(37)26-18-5-9-21(10-6-18)39(32,33)29-13-15-36-16-14-29/h3-12,17,28H,13-16H2,1-2H3,(H2,26,27,37). The highest BCUT2D eigenvalue weighted by atomic mass is 32.2. The third-order valence-electron chi connectivity index (χ3n) is 5.79. The number of nitrogens with zero attached hydrogens (tertiary/aromatic N) is 1. The first-order valence-corrected chi connectivity index (χ1v) is 15.1. The summed E-state index contributed by atoms with van der Waals surface area (Å²) in [5.41, 5.74) is 1.38. The number of rotatable bonds is 9. The molecule has 0 amide bonds. The van der Waals surface area contributed by atoms with Crippen molar-refractivity contribution in [3.05, 3.63) is 66.7 Å². The van der Waals surface area contributed by atoms with Crippen molar-refractivity contribution in [2.75, 3.05) is 55.9 Å². The lowest BCUT2D eigenvalue weighted by atomic mass is 10.3. The first-order valence-electron chi connectivity index (χ1n) is 11.7. The molecule has 1 fully saturated rings. The molecule has 0 aromatic heterocycles. The van der Waals surface area contributed by atoms with Gasteiger partial charge in [0.1, 0.15) is 11.5 Å². The molecular weight excluding hydrogens is 564 g/mol. The van der Waals surface area contributed by atoms with Gasteiger partial charge in [-0.15, -0.1) is 0 Å². The second kappa shape index (κ2) is 12.2. The average Bonchev–Trinajstić information content (AvgIpc) is 2.94. The fourth-order valence-electron chi connectivity index (χ4n) is 3.75. The Morgan fingerprint density at radius 2 is 1.44 bits per heavy atom. The molecule has 11 nitrogen and oxygen atoms in total. The molecular formula is C25H28N4O7S3. The molecule has 1 aliphatic rings. The van der Waals surface area contributed by atoms with E-state index in [1.807, 2.05) is 0 Å². The van der Waals surface area contributed by atoms with Crippen LogP contribution in [0.15, 0.2) is 76.5 Å². The molecule has 0 saturated carbocycles. The van der Waals surface area contributed by atoms with Crippen molar-refractivity contribution in [1.82, 2.24) is 4.31 Å². The van der Waals surface area contributed by atoms with E-state index in [1.54, 1.807) is 36.4 Å². The van der Waals surface area contributed by atoms with Crippen LogP contribution >= 0.6 is 12.2 Å². The van der Waals surface area contributed by atoms with Crippen LogP contribution in [0.3, 0.4) is 0 Å². The second-order valence-corrected chi connectivity index (χ2v) is 12.3. The van der Waals surface area contributed by atoms with Gasteiger partial charge in [0.05, 0.1) is 42.9 Å². The van der Waals surface area contributed by atoms with E-state index >= 15 is 0 Å². The molecule has 0 radical (unpaired) electrons. The molecule has 4 rings (SSSR count). The SMILES string of the molecule is COc1ccc(NS(=O)(=O)c2ccc(NC(=S)Nc3ccc(S(=O)(=O)N4CCOCC4)cc3)c(OC)c2)cc1. The molecule has 3 aromatic rings. The number of thiocarbonyl (C=S) groups is 1. The van der Waals surface area contributed by atoms with Crippen LogP contribution in [0.5, 0.6) is 11.5 Å². The Labute approximate surface area is 233 Å². The maximum Gasteiger partial charge on any atom is 0.262 e. The van der Waals surface area contributed by atoms with Crippen molar-refractivity contribution in [2.45, 2.75) is 9.79 Å². The Balaban J connectivity index is 1.42. The molecule has 1 heterocycles. The molecule has 0 aliphatic carbocycles. The summed E-state index contributed by atoms with van der Waals surface area (Å²) in [5, 5.41) is 6.15. The van der Waals surface area contributed by atoms with Crippen LogP contribution in [0.2, 0.25) is 0 Å². The number of sulfonamides is 2. The first kappa shape index (κ1) is 28.6. The lowest BCUT2D eigenvalue weighted by Gasteiger charge is -2.26. The van der Waals surface area contributed by atoms with Gasteiger partial charge >= 0.3 is 0 Å². The van der Waals surface area contributed by atoms with E-state index in [0.29, 0.717) is 49.1 Å². The summed E-state index contributed by atoms with van der Waals surface area (Å²) < 4.78 is 71.0. The van der Waals surface area contributed by atoms with Gasteiger partial charge in [-0.3, -0.25) is 4.72 Å². The van der Waals surface area contributed by atoms with Crippen LogP contribution in [-0.4, -0.2) is 66.8 Å². The zero-order valence-electron chi connectivity index (χ0n) is 21.2. The minimum atomic E-state index is -3.89. The molecule has 0 spiro atoms. The number of hydrogen-bond donors (Lipinski definition) is 3. The smallest absolute Gasteiger partial charge is 0.262 e. The zero-order valence-corrected chi connectivity index (χ0v) is 23.7. The second-order valence-electron chi connectivity index (χ2n) is 8.32. The molecule has 1 aliphatic heterocycles. The van der Waals surface area contributed by atoms with Crippen LogP contribution in [0, 0.1) is 0 Å². The number of benzene rings is 3. The highest BCUT2D eigenvalue weighted by Crippen LogP contribution is 2.29. The fraction of sp³-hybridized carbons (Fsp3) is 0.240. The van der Waals surface area contributed by atoms with E-state index < -0.39 is 20.0 Å². The van der Waals surface area contributed by atoms with Crippen LogP contribution in [-0.2, 0) is 24.8 Å². The van der Waals surface area contributed by atoms with Crippen molar-refractivity contribution >= 4 is 54.4 Å². The molecule has 0 bridgehead atoms. The fourth-order valence-corrected chi connectivity index (χ4v) is 6.46. The number of ether oxygens (including phenoxy) is 3. The van der Waals surface area contributed by atoms with Crippen molar-refractivity contribution in [2.24, 2.45) is 0 Å². The van der Waals surface area contributed by atoms with Gasteiger partial charge < -0.3 is 24.8 Å². The first-order chi connectivity index (χ1) is 18.6. The van der Waals surface area contributed by atoms with Crippen LogP contribution in [0.4, 0.5) is 17.1 Å². The van der Waals surface area contributed by atoms with Gasteiger partial charge in [0, 0.05) is 30.5 Å². The number of nitrogens with one attached hydrogen (secondary N) is 3. The van der Waals surface area contributed by atoms with Crippen LogP contribution in [0.25, 0.3) is 0 Å². The summed E-state index contributed by atoms with van der Waals surface area (Å²) in [7, 11) is -4.55. The Bertz CT molecular complexity index is 1520. The lowest BCUT2D eigenvalue weighted by Crippen LogP contribution is -2.40. The minimum absolute atomic E-state index is 0.00309. The van der Waals surface area contributed by atoms with E-state index in [-0.39, 0.29) is 20.7 Å². The molecule has 1 saturated heterocycles. The van der Waals surface area contributed by atoms with E-state index in [1.165, 1.54) is 48.9 Å². The predicted octanol–water partition coefficient (Wildman–Crippen LogP) is 3.33. The Kier molecular flexibility index (Phi) is 8.92. The molecule has 0 unspecified atom stereocenters. The maximum absolute atomic E-state index is 12.9. The van der Waals surface area contributed by atoms with Crippen molar-refractivity contribution in [3.63, 3.8) is 0 Å². The zero-order chi connectivity index (χ0) is 28.0. The molecule has 14 heteroatoms. The molecule has 39 heavy (non-hydrogen) atoms. The van der Waals surface area contributed by atoms with Crippen LogP contribution in [0.1, 0.15) is 0 Å². The van der Waals surface area contributed by atoms with E-state index in [9.17, 15) is 16.8 Å². The van der Waals surface area contributed by atoms with Gasteiger partial charge in [0.2, 0.25) is 10.0 Å². The number of methoxy groups -OCH3 is 2. The maximum atomic E-state index is 12.9. The third-order valence-corrected chi connectivity index (χ3v) is 9.29. The summed E-state index contributed by atoms with van der Waals surface area (Å²) in [5.74, 6) is 0.859. The van der Waals surface area contributed by atoms with Gasteiger partial charge in [-0.1, -0.05) is 0 Å². The van der Waals surface area contributed by atoms with E-state index in [0.717, 1.165) is 0 Å². The monoisotopic (exact) mass is 592 g/mol. The van der Waals surface area contributed by atoms with E-state index in [2.05, 4.69) is 15.4 Å². The topological polar surface area (TPSA) is 135 Å². The third kappa shape index (κ3) is 6.96. The summed E-state index contributed by atoms with van der Waals surface area (Å²) in [4.78, 5) is 0.173. The lowest BCUT2D eigenvalue weighted by molar-refractivity contribution is 0.0730. The number of anilines is 3. The summed E-state index contributed by atoms with van der Waals surface area (Å²) in [6.07, 6.45) is 0. The van der Waals surface area contributed by atoms with Gasteiger partial charge in [0.15, 0.2) is 5.11 Å². The van der Waals surface area contributed by atoms with Crippen molar-refractivity contribution in [3.8, 4) is 11.5 Å². The highest BCUT2D eigenvalue weighted by molar-refractivity contribution is 7.92. The quantitative estimate of drug-likeness (QED) is 0.318. The Morgan fingerprint density at radius 3 is 2.05 bits per heavy atom. The normalized spacial score (nSPS) is 14.3. The van der Waals surface area contributed by atoms with Gasteiger partial charge in [-0.25, -0.2) is 16.8 Å². The molecule has 3 aromatic carbocycles. The Morgan fingerprint density at radius 1 is 0.821 bits per heavy atom. The van der Waals surface area contributed by atoms with Crippen LogP contribution < -0.4 is 24.8 Å². The predicted molar refractivity (Wildman–Crippen MR) is 153 cm³/mol. The summed E-state index contributed by atoms with van der Waals surface area (Å²) in [6.45, 7) is 1.37. The number of morpholine rings is 1. The minimum Gasteiger partial charge on any atom is -0.497 e. The van der Waals surface area contributed by atoms with E-state index in [4.69, 9.17) is 26.4 Å². The summed E-state index contributed by atoms with van der Waals surface area (Å²) in [6, 6.07) is 17.1. The van der Waals surface area contributed by atoms with Gasteiger partial charge in [-0.05, 0) is 72.9 Å². The van der Waals surface area contributed by atoms with Crippen molar-refractivity contribution < 1.29 is 31.0 Å². The molecule has 0 atom stereocenters. The largest absolute Gasteiger partial charge is 0.497 e.